The Morgan fingerprint density at radius 1 is 0.982 bits per heavy atom. The van der Waals surface area contributed by atoms with Crippen LogP contribution in [-0.2, 0) is 49.3 Å². The van der Waals surface area contributed by atoms with Crippen LogP contribution >= 0.6 is 0 Å². The van der Waals surface area contributed by atoms with Gasteiger partial charge in [-0.2, -0.15) is 0 Å². The molecule has 0 unspecified atom stereocenters. The summed E-state index contributed by atoms with van der Waals surface area (Å²) in [5.74, 6) is -4.93. The molecule has 0 spiro atoms. The topological polar surface area (TPSA) is 280 Å². The molecule has 18 heteroatoms. The summed E-state index contributed by atoms with van der Waals surface area (Å²) in [6, 6.07) is 15.2. The first kappa shape index (κ1) is 43.2. The van der Waals surface area contributed by atoms with Crippen LogP contribution in [0.4, 0.5) is 0 Å². The molecule has 300 valence electrons. The Hall–Kier alpha value is -4.52. The van der Waals surface area contributed by atoms with E-state index in [1.165, 1.54) is 0 Å². The minimum absolute atomic E-state index is 0.103. The van der Waals surface area contributed by atoms with Crippen LogP contribution in [0.2, 0.25) is 0 Å². The van der Waals surface area contributed by atoms with Crippen molar-refractivity contribution in [1.82, 2.24) is 10.6 Å². The molecule has 9 N–H and O–H groups in total. The lowest BCUT2D eigenvalue weighted by atomic mass is 9.88. The van der Waals surface area contributed by atoms with Gasteiger partial charge in [0, 0.05) is 19.9 Å². The average molecular weight is 775 g/mol. The summed E-state index contributed by atoms with van der Waals surface area (Å²) in [4.78, 5) is 50.3. The molecule has 0 aromatic heterocycles. The predicted molar refractivity (Wildman–Crippen MR) is 187 cm³/mol. The summed E-state index contributed by atoms with van der Waals surface area (Å²) >= 11 is 0. The molecule has 2 aliphatic heterocycles. The van der Waals surface area contributed by atoms with Crippen LogP contribution in [0.1, 0.15) is 25.3 Å². The van der Waals surface area contributed by atoms with Gasteiger partial charge < -0.3 is 70.1 Å². The molecule has 2 heterocycles. The zero-order valence-corrected chi connectivity index (χ0v) is 29.8. The third-order valence-electron chi connectivity index (χ3n) is 9.01. The Balaban J connectivity index is 1.52. The van der Waals surface area contributed by atoms with Gasteiger partial charge in [-0.05, 0) is 16.7 Å². The number of benzene rings is 2. The maximum atomic E-state index is 12.9. The molecule has 0 radical (unpaired) electrons. The lowest BCUT2D eigenvalue weighted by molar-refractivity contribution is -0.338. The fraction of sp³-hybridized carbons (Fsp3) is 0.514. The first-order valence-corrected chi connectivity index (χ1v) is 17.3. The van der Waals surface area contributed by atoms with Crippen LogP contribution < -0.4 is 10.6 Å². The quantitative estimate of drug-likeness (QED) is 0.0459. The van der Waals surface area contributed by atoms with Crippen LogP contribution in [0.3, 0.4) is 0 Å². The predicted octanol–water partition coefficient (Wildman–Crippen LogP) is -2.42. The number of ether oxygens (including phenoxy) is 5. The highest BCUT2D eigenvalue weighted by Crippen LogP contribution is 2.36. The van der Waals surface area contributed by atoms with Crippen molar-refractivity contribution in [2.24, 2.45) is 0 Å². The van der Waals surface area contributed by atoms with Crippen LogP contribution in [0.5, 0.6) is 0 Å². The SMILES string of the molecule is C#CCCO[C@@H]1O[C@H](CO[C@@]2(C(=O)O)C[C@H](OC(C)=O)[C@@H](NC(=O)CO)[C@H]([C@H](O)[C@H](O)CNC(=O)Cc3ccc(-c4ccccc4)cc3)O2)[C@H](O)[C@H](O)[C@H]1O. The van der Waals surface area contributed by atoms with E-state index in [1.54, 1.807) is 12.1 Å². The summed E-state index contributed by atoms with van der Waals surface area (Å²) in [5, 5.41) is 78.4. The van der Waals surface area contributed by atoms with Gasteiger partial charge >= 0.3 is 11.9 Å². The zero-order chi connectivity index (χ0) is 40.3. The van der Waals surface area contributed by atoms with Gasteiger partial charge in [0.05, 0.1) is 38.2 Å². The van der Waals surface area contributed by atoms with E-state index in [-0.39, 0.29) is 19.4 Å². The first-order valence-electron chi connectivity index (χ1n) is 17.3. The molecule has 0 aliphatic carbocycles. The third kappa shape index (κ3) is 11.3. The number of hydrogen-bond acceptors (Lipinski definition) is 15. The molecular formula is C37H46N2O16. The molecule has 0 bridgehead atoms. The second-order valence-corrected chi connectivity index (χ2v) is 13.0. The van der Waals surface area contributed by atoms with Crippen LogP contribution in [-0.4, -0.2) is 153 Å². The fourth-order valence-electron chi connectivity index (χ4n) is 6.15. The Kier molecular flexibility index (Phi) is 15.6. The summed E-state index contributed by atoms with van der Waals surface area (Å²) in [6.45, 7) is -1.65. The maximum Gasteiger partial charge on any atom is 0.364 e. The molecule has 11 atom stereocenters. The molecule has 55 heavy (non-hydrogen) atoms. The number of carboxylic acid groups (broad SMARTS) is 1. The Morgan fingerprint density at radius 3 is 2.27 bits per heavy atom. The van der Waals surface area contributed by atoms with Crippen molar-refractivity contribution < 1.29 is 78.6 Å². The summed E-state index contributed by atoms with van der Waals surface area (Å²) in [5.41, 5.74) is 2.55. The van der Waals surface area contributed by atoms with Gasteiger partial charge in [-0.3, -0.25) is 14.4 Å². The number of nitrogens with one attached hydrogen (secondary N) is 2. The third-order valence-corrected chi connectivity index (χ3v) is 9.01. The van der Waals surface area contributed by atoms with Crippen LogP contribution in [0, 0.1) is 12.3 Å². The van der Waals surface area contributed by atoms with Crippen LogP contribution in [0.15, 0.2) is 54.6 Å². The van der Waals surface area contributed by atoms with E-state index in [2.05, 4.69) is 16.6 Å². The van der Waals surface area contributed by atoms with E-state index < -0.39 is 117 Å². The number of aliphatic carboxylic acids is 1. The van der Waals surface area contributed by atoms with Crippen molar-refractivity contribution in [2.75, 3.05) is 26.4 Å². The van der Waals surface area contributed by atoms with Gasteiger partial charge in [0.25, 0.3) is 5.79 Å². The number of esters is 1. The molecule has 2 aromatic carbocycles. The van der Waals surface area contributed by atoms with Gasteiger partial charge in [-0.25, -0.2) is 4.79 Å². The number of terminal acetylenes is 1. The molecule has 2 amide bonds. The van der Waals surface area contributed by atoms with E-state index in [0.717, 1.165) is 18.1 Å². The molecule has 18 nitrogen and oxygen atoms in total. The normalized spacial score (nSPS) is 28.9. The highest BCUT2D eigenvalue weighted by atomic mass is 16.7. The van der Waals surface area contributed by atoms with E-state index in [4.69, 9.17) is 30.1 Å². The number of amides is 2. The number of aliphatic hydroxyl groups is 6. The van der Waals surface area contributed by atoms with Gasteiger partial charge in [-0.1, -0.05) is 54.6 Å². The molecule has 2 fully saturated rings. The van der Waals surface area contributed by atoms with Gasteiger partial charge in [0.2, 0.25) is 11.8 Å². The van der Waals surface area contributed by atoms with Crippen molar-refractivity contribution in [1.29, 1.82) is 0 Å². The summed E-state index contributed by atoms with van der Waals surface area (Å²) in [7, 11) is 0. The van der Waals surface area contributed by atoms with E-state index in [1.807, 2.05) is 42.5 Å². The number of carbonyl (C=O) groups excluding carboxylic acids is 3. The number of carboxylic acids is 1. The van der Waals surface area contributed by atoms with E-state index in [9.17, 15) is 54.9 Å². The lowest BCUT2D eigenvalue weighted by Gasteiger charge is -2.48. The summed E-state index contributed by atoms with van der Waals surface area (Å²) in [6.07, 6.45) is -11.7. The monoisotopic (exact) mass is 774 g/mol. The number of hydrogen-bond donors (Lipinski definition) is 9. The van der Waals surface area contributed by atoms with Gasteiger partial charge in [0.15, 0.2) is 6.29 Å². The number of aliphatic hydroxyl groups excluding tert-OH is 6. The smallest absolute Gasteiger partial charge is 0.364 e. The average Bonchev–Trinajstić information content (AvgIpc) is 3.17. The molecule has 2 aliphatic rings. The highest BCUT2D eigenvalue weighted by Gasteiger charge is 2.58. The van der Waals surface area contributed by atoms with Crippen molar-refractivity contribution in [2.45, 2.75) is 93.1 Å². The van der Waals surface area contributed by atoms with Crippen molar-refractivity contribution >= 4 is 23.8 Å². The van der Waals surface area contributed by atoms with Crippen LogP contribution in [0.25, 0.3) is 11.1 Å². The largest absolute Gasteiger partial charge is 0.477 e. The van der Waals surface area contributed by atoms with Crippen molar-refractivity contribution in [3.8, 4) is 23.5 Å². The molecule has 0 saturated carbocycles. The molecule has 2 saturated heterocycles. The van der Waals surface area contributed by atoms with Crippen molar-refractivity contribution in [3.05, 3.63) is 60.2 Å². The van der Waals surface area contributed by atoms with Crippen molar-refractivity contribution in [3.63, 3.8) is 0 Å². The number of rotatable bonds is 17. The van der Waals surface area contributed by atoms with E-state index >= 15 is 0 Å². The van der Waals surface area contributed by atoms with Gasteiger partial charge in [0.1, 0.15) is 49.3 Å². The summed E-state index contributed by atoms with van der Waals surface area (Å²) < 4.78 is 27.6. The molecule has 2 aromatic rings. The standard InChI is InChI=1S/C37H46N2O16/c1-3-4-14-51-35-33(48)32(47)31(46)26(54-35)19-52-37(36(49)50)16-25(53-20(2)41)29(39-28(44)18-40)34(55-37)30(45)24(42)17-38-27(43)15-21-10-12-23(13-11-21)22-8-6-5-7-9-22/h1,5-13,24-26,29-35,40,42,45-48H,4,14-19H2,2H3,(H,38,43)(H,39,44)(H,49,50)/t24-,25+,26-,29-,30-,31+,32+,33-,34-,35-,37+/m1/s1. The molecule has 4 rings (SSSR count). The Bertz CT molecular complexity index is 1640. The lowest BCUT2D eigenvalue weighted by Crippen LogP contribution is -2.69. The van der Waals surface area contributed by atoms with Gasteiger partial charge in [-0.15, -0.1) is 12.3 Å². The second kappa shape index (κ2) is 19.9. The van der Waals surface area contributed by atoms with E-state index in [0.29, 0.717) is 5.56 Å². The Labute approximate surface area is 315 Å². The second-order valence-electron chi connectivity index (χ2n) is 13.0. The first-order chi connectivity index (χ1) is 26.2. The minimum Gasteiger partial charge on any atom is -0.477 e. The molecular weight excluding hydrogens is 728 g/mol. The maximum absolute atomic E-state index is 12.9. The minimum atomic E-state index is -2.84. The highest BCUT2D eigenvalue weighted by molar-refractivity contribution is 5.79. The fourth-order valence-corrected chi connectivity index (χ4v) is 6.15. The number of carbonyl (C=O) groups is 4. The Morgan fingerprint density at radius 2 is 1.65 bits per heavy atom. The zero-order valence-electron chi connectivity index (χ0n) is 29.8.